The average molecular weight is 323 g/mol. The number of nitrogens with one attached hydrogen (secondary N) is 1. The zero-order valence-corrected chi connectivity index (χ0v) is 14.6. The molecule has 21 heavy (non-hydrogen) atoms. The minimum atomic E-state index is -0.813. The van der Waals surface area contributed by atoms with Gasteiger partial charge in [0.2, 0.25) is 5.91 Å². The molecule has 0 aromatic heterocycles. The number of nitrogens with two attached hydrogens (primary N) is 1. The van der Waals surface area contributed by atoms with Crippen LogP contribution in [-0.4, -0.2) is 43.9 Å². The average Bonchev–Trinajstić information content (AvgIpc) is 2.41. The molecule has 5 nitrogen and oxygen atoms in total. The first-order valence-corrected chi connectivity index (χ1v) is 7.66. The van der Waals surface area contributed by atoms with Gasteiger partial charge in [0.1, 0.15) is 5.54 Å². The lowest BCUT2D eigenvalue weighted by molar-refractivity contribution is -0.170. The molecule has 126 valence electrons. The summed E-state index contributed by atoms with van der Waals surface area (Å²) in [5.74, 6) is -0.0603. The van der Waals surface area contributed by atoms with Gasteiger partial charge in [0.15, 0.2) is 0 Å². The first kappa shape index (κ1) is 20.6. The highest BCUT2D eigenvalue weighted by Crippen LogP contribution is 2.49. The fourth-order valence-electron chi connectivity index (χ4n) is 2.65. The summed E-state index contributed by atoms with van der Waals surface area (Å²) in [6.45, 7) is 10.8. The molecule has 1 rings (SSSR count). The van der Waals surface area contributed by atoms with Crippen molar-refractivity contribution in [2.24, 2.45) is 11.1 Å². The van der Waals surface area contributed by atoms with Crippen LogP contribution in [0.15, 0.2) is 0 Å². The summed E-state index contributed by atoms with van der Waals surface area (Å²) in [5.41, 5.74) is 5.16. The van der Waals surface area contributed by atoms with E-state index >= 15 is 0 Å². The molecular formula is C15H31ClN2O3. The molecule has 6 heteroatoms. The third-order valence-electron chi connectivity index (χ3n) is 4.44. The first-order valence-electron chi connectivity index (χ1n) is 7.66. The molecule has 0 aromatic rings. The number of amides is 1. The molecule has 1 aliphatic carbocycles. The third kappa shape index (κ3) is 4.55. The Hall–Kier alpha value is -0.360. The van der Waals surface area contributed by atoms with Gasteiger partial charge in [-0.05, 0) is 26.7 Å². The predicted molar refractivity (Wildman–Crippen MR) is 86.7 cm³/mol. The molecule has 1 aliphatic rings. The second-order valence-electron chi connectivity index (χ2n) is 6.00. The summed E-state index contributed by atoms with van der Waals surface area (Å²) in [7, 11) is 0. The molecule has 3 N–H and O–H groups in total. The molecule has 0 saturated heterocycles. The Morgan fingerprint density at radius 2 is 1.95 bits per heavy atom. The van der Waals surface area contributed by atoms with Crippen molar-refractivity contribution < 1.29 is 14.3 Å². The largest absolute Gasteiger partial charge is 0.382 e. The van der Waals surface area contributed by atoms with Gasteiger partial charge in [-0.2, -0.15) is 0 Å². The number of carbonyl (C=O) groups excluding carboxylic acids is 1. The summed E-state index contributed by atoms with van der Waals surface area (Å²) in [4.78, 5) is 12.3. The van der Waals surface area contributed by atoms with E-state index in [1.165, 1.54) is 0 Å². The lowest BCUT2D eigenvalue weighted by Gasteiger charge is -2.57. The van der Waals surface area contributed by atoms with E-state index in [9.17, 15) is 4.79 Å². The highest BCUT2D eigenvalue weighted by Gasteiger charge is 2.62. The maximum absolute atomic E-state index is 12.3. The Morgan fingerprint density at radius 3 is 2.48 bits per heavy atom. The molecule has 0 aromatic carbocycles. The highest BCUT2D eigenvalue weighted by atomic mass is 35.5. The first-order chi connectivity index (χ1) is 9.40. The van der Waals surface area contributed by atoms with Crippen molar-refractivity contribution >= 4 is 18.3 Å². The van der Waals surface area contributed by atoms with Crippen molar-refractivity contribution in [3.8, 4) is 0 Å². The number of hydrogen-bond acceptors (Lipinski definition) is 4. The van der Waals surface area contributed by atoms with Gasteiger partial charge in [0.05, 0.1) is 6.10 Å². The molecule has 2 unspecified atom stereocenters. The standard InChI is InChI=1S/C15H30N2O3.ClH/c1-5-19-10-8-7-9-17-13(18)15(16)11-12(20-6-2)14(15,3)4;/h12H,5-11,16H2,1-4H3,(H,17,18);1H. The van der Waals surface area contributed by atoms with Crippen LogP contribution in [0.3, 0.4) is 0 Å². The van der Waals surface area contributed by atoms with E-state index in [0.717, 1.165) is 26.1 Å². The Morgan fingerprint density at radius 1 is 1.29 bits per heavy atom. The number of hydrogen-bond donors (Lipinski definition) is 2. The summed E-state index contributed by atoms with van der Waals surface area (Å²) in [6.07, 6.45) is 2.54. The van der Waals surface area contributed by atoms with Gasteiger partial charge < -0.3 is 20.5 Å². The molecule has 0 aliphatic heterocycles. The smallest absolute Gasteiger partial charge is 0.240 e. The van der Waals surface area contributed by atoms with Crippen LogP contribution in [-0.2, 0) is 14.3 Å². The van der Waals surface area contributed by atoms with Crippen LogP contribution in [0.2, 0.25) is 0 Å². The molecule has 0 radical (unpaired) electrons. The van der Waals surface area contributed by atoms with E-state index in [1.54, 1.807) is 0 Å². The molecule has 1 fully saturated rings. The number of carbonyl (C=O) groups is 1. The molecule has 0 bridgehead atoms. The molecule has 0 spiro atoms. The summed E-state index contributed by atoms with van der Waals surface area (Å²) in [5, 5.41) is 2.95. The lowest BCUT2D eigenvalue weighted by Crippen LogP contribution is -2.75. The summed E-state index contributed by atoms with van der Waals surface area (Å²) >= 11 is 0. The van der Waals surface area contributed by atoms with Crippen LogP contribution >= 0.6 is 12.4 Å². The van der Waals surface area contributed by atoms with Crippen molar-refractivity contribution in [2.75, 3.05) is 26.4 Å². The third-order valence-corrected chi connectivity index (χ3v) is 4.44. The van der Waals surface area contributed by atoms with Gasteiger partial charge in [0.25, 0.3) is 0 Å². The van der Waals surface area contributed by atoms with Crippen LogP contribution in [0.25, 0.3) is 0 Å². The van der Waals surface area contributed by atoms with Crippen molar-refractivity contribution in [1.82, 2.24) is 5.32 Å². The normalized spacial score (nSPS) is 26.6. The number of unbranched alkanes of at least 4 members (excludes halogenated alkanes) is 1. The van der Waals surface area contributed by atoms with Crippen LogP contribution in [0.5, 0.6) is 0 Å². The Kier molecular flexibility index (Phi) is 8.78. The molecular weight excluding hydrogens is 292 g/mol. The van der Waals surface area contributed by atoms with E-state index in [2.05, 4.69) is 5.32 Å². The topological polar surface area (TPSA) is 73.6 Å². The SMILES string of the molecule is CCOCCCCNC(=O)C1(N)CC(OCC)C1(C)C.Cl. The van der Waals surface area contributed by atoms with Gasteiger partial charge in [-0.3, -0.25) is 4.79 Å². The van der Waals surface area contributed by atoms with E-state index < -0.39 is 5.54 Å². The quantitative estimate of drug-likeness (QED) is 0.636. The summed E-state index contributed by atoms with van der Waals surface area (Å²) in [6, 6.07) is 0. The Labute approximate surface area is 134 Å². The van der Waals surface area contributed by atoms with Crippen LogP contribution in [0.4, 0.5) is 0 Å². The maximum Gasteiger partial charge on any atom is 0.240 e. The van der Waals surface area contributed by atoms with Crippen molar-refractivity contribution in [1.29, 1.82) is 0 Å². The summed E-state index contributed by atoms with van der Waals surface area (Å²) < 4.78 is 10.9. The zero-order chi connectivity index (χ0) is 15.2. The molecule has 2 atom stereocenters. The van der Waals surface area contributed by atoms with Gasteiger partial charge >= 0.3 is 0 Å². The van der Waals surface area contributed by atoms with Crippen LogP contribution < -0.4 is 11.1 Å². The highest BCUT2D eigenvalue weighted by molar-refractivity contribution is 5.88. The van der Waals surface area contributed by atoms with Crippen molar-refractivity contribution in [2.45, 2.75) is 58.6 Å². The Balaban J connectivity index is 0.00000400. The van der Waals surface area contributed by atoms with Gasteiger partial charge in [-0.15, -0.1) is 12.4 Å². The predicted octanol–water partition coefficient (Wildman–Crippen LogP) is 1.87. The number of rotatable bonds is 9. The minimum absolute atomic E-state index is 0. The second kappa shape index (κ2) is 8.93. The molecule has 1 amide bonds. The fourth-order valence-corrected chi connectivity index (χ4v) is 2.65. The second-order valence-corrected chi connectivity index (χ2v) is 6.00. The van der Waals surface area contributed by atoms with Gasteiger partial charge in [0, 0.05) is 38.2 Å². The number of halogens is 1. The van der Waals surface area contributed by atoms with E-state index in [0.29, 0.717) is 19.6 Å². The van der Waals surface area contributed by atoms with Crippen LogP contribution in [0.1, 0.15) is 47.0 Å². The fraction of sp³-hybridized carbons (Fsp3) is 0.933. The van der Waals surface area contributed by atoms with E-state index in [4.69, 9.17) is 15.2 Å². The lowest BCUT2D eigenvalue weighted by atomic mass is 9.54. The van der Waals surface area contributed by atoms with Gasteiger partial charge in [-0.1, -0.05) is 13.8 Å². The maximum atomic E-state index is 12.3. The van der Waals surface area contributed by atoms with Crippen molar-refractivity contribution in [3.05, 3.63) is 0 Å². The molecule has 1 saturated carbocycles. The monoisotopic (exact) mass is 322 g/mol. The minimum Gasteiger partial charge on any atom is -0.382 e. The Bertz CT molecular complexity index is 326. The van der Waals surface area contributed by atoms with Gasteiger partial charge in [-0.25, -0.2) is 0 Å². The number of ether oxygens (including phenoxy) is 2. The zero-order valence-electron chi connectivity index (χ0n) is 13.7. The van der Waals surface area contributed by atoms with Crippen molar-refractivity contribution in [3.63, 3.8) is 0 Å². The van der Waals surface area contributed by atoms with E-state index in [1.807, 2.05) is 27.7 Å². The van der Waals surface area contributed by atoms with E-state index in [-0.39, 0.29) is 29.8 Å². The molecule has 0 heterocycles. The van der Waals surface area contributed by atoms with Crippen LogP contribution in [0, 0.1) is 5.41 Å².